The van der Waals surface area contributed by atoms with Crippen LogP contribution in [0.1, 0.15) is 38.2 Å². The van der Waals surface area contributed by atoms with Crippen LogP contribution in [0, 0.1) is 5.92 Å². The van der Waals surface area contributed by atoms with Crippen molar-refractivity contribution < 1.29 is 4.74 Å². The van der Waals surface area contributed by atoms with Crippen molar-refractivity contribution in [1.29, 1.82) is 0 Å². The highest BCUT2D eigenvalue weighted by Crippen LogP contribution is 2.23. The van der Waals surface area contributed by atoms with Gasteiger partial charge in [-0.05, 0) is 36.5 Å². The van der Waals surface area contributed by atoms with Crippen LogP contribution >= 0.6 is 15.9 Å². The molecule has 2 atom stereocenters. The molecule has 1 aliphatic rings. The highest BCUT2D eigenvalue weighted by atomic mass is 79.9. The normalized spacial score (nSPS) is 23.5. The second kappa shape index (κ2) is 8.03. The number of benzene rings is 1. The van der Waals surface area contributed by atoms with E-state index in [1.54, 1.807) is 0 Å². The van der Waals surface area contributed by atoms with Crippen LogP contribution in [0.3, 0.4) is 0 Å². The molecule has 0 bridgehead atoms. The van der Waals surface area contributed by atoms with Gasteiger partial charge < -0.3 is 10.1 Å². The van der Waals surface area contributed by atoms with Gasteiger partial charge in [-0.2, -0.15) is 0 Å². The lowest BCUT2D eigenvalue weighted by atomic mass is 9.86. The summed E-state index contributed by atoms with van der Waals surface area (Å²) in [7, 11) is 0. The number of hydrogen-bond acceptors (Lipinski definition) is 2. The van der Waals surface area contributed by atoms with Gasteiger partial charge in [-0.25, -0.2) is 0 Å². The Hall–Kier alpha value is -0.380. The van der Waals surface area contributed by atoms with Gasteiger partial charge in [-0.1, -0.05) is 47.8 Å². The summed E-state index contributed by atoms with van der Waals surface area (Å²) >= 11 is 3.48. The summed E-state index contributed by atoms with van der Waals surface area (Å²) in [4.78, 5) is 0. The van der Waals surface area contributed by atoms with Crippen LogP contribution in [0.4, 0.5) is 0 Å². The maximum absolute atomic E-state index is 5.72. The third-order valence-corrected chi connectivity index (χ3v) is 4.42. The van der Waals surface area contributed by atoms with E-state index >= 15 is 0 Å². The molecule has 1 saturated carbocycles. The van der Waals surface area contributed by atoms with E-state index in [0.29, 0.717) is 12.6 Å². The van der Waals surface area contributed by atoms with Crippen LogP contribution in [-0.2, 0) is 11.3 Å². The van der Waals surface area contributed by atoms with Gasteiger partial charge in [0.2, 0.25) is 0 Å². The molecule has 0 radical (unpaired) electrons. The van der Waals surface area contributed by atoms with Crippen molar-refractivity contribution in [2.24, 2.45) is 5.92 Å². The van der Waals surface area contributed by atoms with E-state index in [0.717, 1.165) is 23.5 Å². The van der Waals surface area contributed by atoms with Crippen LogP contribution in [0.15, 0.2) is 28.7 Å². The van der Waals surface area contributed by atoms with Gasteiger partial charge in [0.1, 0.15) is 0 Å². The molecule has 0 aromatic heterocycles. The third-order valence-electron chi connectivity index (χ3n) is 3.92. The molecule has 0 saturated heterocycles. The zero-order valence-corrected chi connectivity index (χ0v) is 13.3. The van der Waals surface area contributed by atoms with Crippen molar-refractivity contribution in [3.8, 4) is 0 Å². The van der Waals surface area contributed by atoms with E-state index in [9.17, 15) is 0 Å². The van der Waals surface area contributed by atoms with Crippen molar-refractivity contribution in [2.45, 2.75) is 45.3 Å². The molecular formula is C16H24BrNO. The first-order valence-corrected chi connectivity index (χ1v) is 8.10. The molecule has 2 unspecified atom stereocenters. The quantitative estimate of drug-likeness (QED) is 0.794. The fourth-order valence-electron chi connectivity index (χ4n) is 2.75. The zero-order chi connectivity index (χ0) is 13.5. The molecule has 1 aliphatic carbocycles. The largest absolute Gasteiger partial charge is 0.375 e. The maximum atomic E-state index is 5.72. The second-order valence-corrected chi connectivity index (χ2v) is 6.42. The topological polar surface area (TPSA) is 21.3 Å². The Labute approximate surface area is 125 Å². The fraction of sp³-hybridized carbons (Fsp3) is 0.625. The van der Waals surface area contributed by atoms with Gasteiger partial charge in [0, 0.05) is 17.1 Å². The van der Waals surface area contributed by atoms with E-state index in [-0.39, 0.29) is 0 Å². The van der Waals surface area contributed by atoms with Gasteiger partial charge in [0.05, 0.1) is 13.2 Å². The van der Waals surface area contributed by atoms with Crippen molar-refractivity contribution >= 4 is 15.9 Å². The first-order valence-electron chi connectivity index (χ1n) is 7.31. The first-order chi connectivity index (χ1) is 9.25. The molecule has 0 amide bonds. The standard InChI is InChI=1S/C16H24BrNO/c1-13-5-2-3-8-16(13)18-9-10-19-12-14-6-4-7-15(17)11-14/h4,6-7,11,13,16,18H,2-3,5,8-10,12H2,1H3. The number of nitrogens with one attached hydrogen (secondary N) is 1. The molecule has 2 rings (SSSR count). The molecule has 1 aromatic carbocycles. The monoisotopic (exact) mass is 325 g/mol. The van der Waals surface area contributed by atoms with Gasteiger partial charge in [0.15, 0.2) is 0 Å². The molecule has 1 fully saturated rings. The Morgan fingerprint density at radius 2 is 2.16 bits per heavy atom. The lowest BCUT2D eigenvalue weighted by Gasteiger charge is -2.29. The van der Waals surface area contributed by atoms with Crippen LogP contribution in [0.2, 0.25) is 0 Å². The average Bonchev–Trinajstić information content (AvgIpc) is 2.40. The molecule has 0 aliphatic heterocycles. The Balaban J connectivity index is 1.59. The summed E-state index contributed by atoms with van der Waals surface area (Å²) in [6.07, 6.45) is 5.48. The van der Waals surface area contributed by atoms with E-state index in [2.05, 4.69) is 40.3 Å². The Kier molecular flexibility index (Phi) is 6.35. The lowest BCUT2D eigenvalue weighted by Crippen LogP contribution is -2.38. The Morgan fingerprint density at radius 1 is 1.32 bits per heavy atom. The number of halogens is 1. The van der Waals surface area contributed by atoms with Crippen molar-refractivity contribution in [1.82, 2.24) is 5.32 Å². The van der Waals surface area contributed by atoms with Gasteiger partial charge >= 0.3 is 0 Å². The average molecular weight is 326 g/mol. The van der Waals surface area contributed by atoms with Crippen LogP contribution in [0.25, 0.3) is 0 Å². The highest BCUT2D eigenvalue weighted by Gasteiger charge is 2.19. The minimum atomic E-state index is 0.696. The predicted molar refractivity (Wildman–Crippen MR) is 83.2 cm³/mol. The SMILES string of the molecule is CC1CCCCC1NCCOCc1cccc(Br)c1. The van der Waals surface area contributed by atoms with Crippen molar-refractivity contribution in [3.05, 3.63) is 34.3 Å². The van der Waals surface area contributed by atoms with E-state index in [1.165, 1.54) is 31.2 Å². The minimum Gasteiger partial charge on any atom is -0.375 e. The molecule has 1 aromatic rings. The maximum Gasteiger partial charge on any atom is 0.0717 e. The lowest BCUT2D eigenvalue weighted by molar-refractivity contribution is 0.116. The molecular weight excluding hydrogens is 302 g/mol. The summed E-state index contributed by atoms with van der Waals surface area (Å²) in [5.41, 5.74) is 1.22. The van der Waals surface area contributed by atoms with E-state index in [1.807, 2.05) is 12.1 Å². The van der Waals surface area contributed by atoms with Crippen molar-refractivity contribution in [2.75, 3.05) is 13.2 Å². The van der Waals surface area contributed by atoms with Gasteiger partial charge in [-0.3, -0.25) is 0 Å². The van der Waals surface area contributed by atoms with Gasteiger partial charge in [0.25, 0.3) is 0 Å². The minimum absolute atomic E-state index is 0.696. The summed E-state index contributed by atoms with van der Waals surface area (Å²) < 4.78 is 6.83. The summed E-state index contributed by atoms with van der Waals surface area (Å²) in [6, 6.07) is 8.99. The molecule has 106 valence electrons. The van der Waals surface area contributed by atoms with E-state index < -0.39 is 0 Å². The first kappa shape index (κ1) is 15.0. The summed E-state index contributed by atoms with van der Waals surface area (Å²) in [6.45, 7) is 4.80. The molecule has 2 nitrogen and oxygen atoms in total. The van der Waals surface area contributed by atoms with Crippen LogP contribution in [-0.4, -0.2) is 19.2 Å². The zero-order valence-electron chi connectivity index (χ0n) is 11.7. The van der Waals surface area contributed by atoms with Crippen LogP contribution in [0.5, 0.6) is 0 Å². The molecule has 3 heteroatoms. The number of ether oxygens (including phenoxy) is 1. The third kappa shape index (κ3) is 5.25. The Bertz CT molecular complexity index is 383. The highest BCUT2D eigenvalue weighted by molar-refractivity contribution is 9.10. The molecule has 19 heavy (non-hydrogen) atoms. The molecule has 1 N–H and O–H groups in total. The van der Waals surface area contributed by atoms with Crippen LogP contribution < -0.4 is 5.32 Å². The van der Waals surface area contributed by atoms with E-state index in [4.69, 9.17) is 4.74 Å². The Morgan fingerprint density at radius 3 is 2.95 bits per heavy atom. The smallest absolute Gasteiger partial charge is 0.0717 e. The number of hydrogen-bond donors (Lipinski definition) is 1. The van der Waals surface area contributed by atoms with Crippen molar-refractivity contribution in [3.63, 3.8) is 0 Å². The predicted octanol–water partition coefficient (Wildman–Crippen LogP) is 4.13. The molecule has 0 heterocycles. The molecule has 0 spiro atoms. The summed E-state index contributed by atoms with van der Waals surface area (Å²) in [5, 5.41) is 3.63. The van der Waals surface area contributed by atoms with Gasteiger partial charge in [-0.15, -0.1) is 0 Å². The fourth-order valence-corrected chi connectivity index (χ4v) is 3.20. The summed E-state index contributed by atoms with van der Waals surface area (Å²) in [5.74, 6) is 0.818. The number of rotatable bonds is 6. The second-order valence-electron chi connectivity index (χ2n) is 5.50.